The zero-order valence-corrected chi connectivity index (χ0v) is 12.5. The van der Waals surface area contributed by atoms with Crippen molar-refractivity contribution in [3.63, 3.8) is 0 Å². The number of benzene rings is 1. The summed E-state index contributed by atoms with van der Waals surface area (Å²) in [5, 5.41) is 2.55. The Bertz CT molecular complexity index is 547. The number of hydrogen-bond donors (Lipinski definition) is 2. The lowest BCUT2D eigenvalue weighted by atomic mass is 10.1. The summed E-state index contributed by atoms with van der Waals surface area (Å²) in [5.41, 5.74) is 3.61. The highest BCUT2D eigenvalue weighted by atomic mass is 32.2. The van der Waals surface area contributed by atoms with E-state index in [-0.39, 0.29) is 11.6 Å². The number of carbonyl (C=O) groups is 1. The van der Waals surface area contributed by atoms with E-state index in [1.165, 1.54) is 6.07 Å². The van der Waals surface area contributed by atoms with E-state index in [0.29, 0.717) is 12.2 Å². The lowest BCUT2D eigenvalue weighted by Gasteiger charge is -2.16. The Morgan fingerprint density at radius 2 is 2.05 bits per heavy atom. The average molecular weight is 322 g/mol. The molecule has 0 heterocycles. The largest absolute Gasteiger partial charge is 0.418 e. The Kier molecular flexibility index (Phi) is 5.77. The molecular formula is C13H17F3N2O2S. The molecule has 1 rings (SSSR count). The van der Waals surface area contributed by atoms with Gasteiger partial charge in [-0.1, -0.05) is 6.07 Å². The third-order valence-corrected chi connectivity index (χ3v) is 3.68. The van der Waals surface area contributed by atoms with E-state index >= 15 is 0 Å². The van der Waals surface area contributed by atoms with Crippen molar-refractivity contribution in [1.82, 2.24) is 5.32 Å². The number of amides is 1. The Balaban J connectivity index is 2.86. The van der Waals surface area contributed by atoms with Gasteiger partial charge < -0.3 is 11.1 Å². The van der Waals surface area contributed by atoms with E-state index in [2.05, 4.69) is 5.32 Å². The molecule has 1 aromatic rings. The average Bonchev–Trinajstić information content (AvgIpc) is 2.35. The maximum Gasteiger partial charge on any atom is 0.418 e. The number of nitrogens with two attached hydrogens (primary N) is 1. The second-order valence-electron chi connectivity index (χ2n) is 4.71. The van der Waals surface area contributed by atoms with Gasteiger partial charge in [0.15, 0.2) is 0 Å². The van der Waals surface area contributed by atoms with Crippen molar-refractivity contribution in [2.45, 2.75) is 25.6 Å². The van der Waals surface area contributed by atoms with Crippen LogP contribution in [0.15, 0.2) is 18.2 Å². The number of anilines is 1. The molecule has 21 heavy (non-hydrogen) atoms. The van der Waals surface area contributed by atoms with Crippen LogP contribution in [0.5, 0.6) is 0 Å². The third kappa shape index (κ3) is 5.04. The number of para-hydroxylation sites is 1. The molecule has 0 radical (unpaired) electrons. The molecule has 0 saturated heterocycles. The first-order chi connectivity index (χ1) is 9.62. The van der Waals surface area contributed by atoms with Crippen LogP contribution in [-0.2, 0) is 17.0 Å². The molecule has 0 aliphatic heterocycles. The molecule has 2 unspecified atom stereocenters. The van der Waals surface area contributed by atoms with Crippen molar-refractivity contribution < 1.29 is 22.2 Å². The van der Waals surface area contributed by atoms with Crippen LogP contribution >= 0.6 is 0 Å². The second-order valence-corrected chi connectivity index (χ2v) is 6.26. The lowest BCUT2D eigenvalue weighted by Crippen LogP contribution is -2.34. The van der Waals surface area contributed by atoms with Gasteiger partial charge in [0.1, 0.15) is 0 Å². The van der Waals surface area contributed by atoms with Crippen LogP contribution in [0.4, 0.5) is 18.9 Å². The van der Waals surface area contributed by atoms with Crippen LogP contribution in [0, 0.1) is 0 Å². The standard InChI is InChI=1S/C13H17F3N2O2S/c1-8(6-7-21(2)20)18-12(19)9-4-3-5-10(11(9)17)13(14,15)16/h3-5,8H,6-7,17H2,1-2H3,(H,18,19). The molecule has 2 atom stereocenters. The Morgan fingerprint density at radius 1 is 1.43 bits per heavy atom. The van der Waals surface area contributed by atoms with Gasteiger partial charge in [0.2, 0.25) is 0 Å². The molecule has 1 aromatic carbocycles. The van der Waals surface area contributed by atoms with Crippen LogP contribution in [0.2, 0.25) is 0 Å². The number of hydrogen-bond acceptors (Lipinski definition) is 3. The summed E-state index contributed by atoms with van der Waals surface area (Å²) < 4.78 is 49.1. The maximum atomic E-state index is 12.7. The molecule has 0 aliphatic carbocycles. The fraction of sp³-hybridized carbons (Fsp3) is 0.462. The van der Waals surface area contributed by atoms with Gasteiger partial charge in [-0.2, -0.15) is 13.2 Å². The van der Waals surface area contributed by atoms with E-state index < -0.39 is 34.1 Å². The number of nitrogens with one attached hydrogen (secondary N) is 1. The van der Waals surface area contributed by atoms with E-state index in [4.69, 9.17) is 5.73 Å². The summed E-state index contributed by atoms with van der Waals surface area (Å²) in [4.78, 5) is 12.0. The molecule has 0 saturated carbocycles. The van der Waals surface area contributed by atoms with E-state index in [1.54, 1.807) is 13.2 Å². The monoisotopic (exact) mass is 322 g/mol. The van der Waals surface area contributed by atoms with Crippen LogP contribution < -0.4 is 11.1 Å². The maximum absolute atomic E-state index is 12.7. The molecule has 0 bridgehead atoms. The van der Waals surface area contributed by atoms with Crippen molar-refractivity contribution in [2.75, 3.05) is 17.7 Å². The fourth-order valence-electron chi connectivity index (χ4n) is 1.73. The molecule has 0 fully saturated rings. The van der Waals surface area contributed by atoms with Crippen molar-refractivity contribution in [1.29, 1.82) is 0 Å². The number of alkyl halides is 3. The van der Waals surface area contributed by atoms with Gasteiger partial charge in [-0.15, -0.1) is 0 Å². The number of nitrogen functional groups attached to an aromatic ring is 1. The first-order valence-corrected chi connectivity index (χ1v) is 7.92. The highest BCUT2D eigenvalue weighted by molar-refractivity contribution is 7.84. The summed E-state index contributed by atoms with van der Waals surface area (Å²) in [6, 6.07) is 2.90. The summed E-state index contributed by atoms with van der Waals surface area (Å²) >= 11 is 0. The molecule has 8 heteroatoms. The normalized spacial score (nSPS) is 14.5. The summed E-state index contributed by atoms with van der Waals surface area (Å²) in [6.45, 7) is 1.69. The smallest absolute Gasteiger partial charge is 0.398 e. The summed E-state index contributed by atoms with van der Waals surface area (Å²) in [6.07, 6.45) is -2.60. The van der Waals surface area contributed by atoms with Crippen LogP contribution in [-0.4, -0.2) is 28.2 Å². The van der Waals surface area contributed by atoms with E-state index in [9.17, 15) is 22.2 Å². The zero-order valence-electron chi connectivity index (χ0n) is 11.7. The molecule has 0 spiro atoms. The van der Waals surface area contributed by atoms with Crippen LogP contribution in [0.25, 0.3) is 0 Å². The van der Waals surface area contributed by atoms with E-state index in [1.807, 2.05) is 0 Å². The SMILES string of the molecule is CC(CCS(C)=O)NC(=O)c1cccc(C(F)(F)F)c1N. The molecule has 1 amide bonds. The minimum absolute atomic E-state index is 0.214. The molecule has 0 aliphatic rings. The molecule has 118 valence electrons. The Hall–Kier alpha value is -1.57. The quantitative estimate of drug-likeness (QED) is 0.816. The van der Waals surface area contributed by atoms with Crippen molar-refractivity contribution in [3.8, 4) is 0 Å². The number of carbonyl (C=O) groups excluding carboxylic acids is 1. The molecule has 4 nitrogen and oxygen atoms in total. The van der Waals surface area contributed by atoms with Crippen LogP contribution in [0.1, 0.15) is 29.3 Å². The Morgan fingerprint density at radius 3 is 2.57 bits per heavy atom. The van der Waals surface area contributed by atoms with Gasteiger partial charge in [0.25, 0.3) is 5.91 Å². The fourth-order valence-corrected chi connectivity index (χ4v) is 2.41. The zero-order chi connectivity index (χ0) is 16.2. The minimum Gasteiger partial charge on any atom is -0.398 e. The van der Waals surface area contributed by atoms with Gasteiger partial charge in [0.05, 0.1) is 16.8 Å². The van der Waals surface area contributed by atoms with E-state index in [0.717, 1.165) is 12.1 Å². The molecule has 3 N–H and O–H groups in total. The Labute approximate surface area is 123 Å². The number of halogens is 3. The molecule has 0 aromatic heterocycles. The predicted octanol–water partition coefficient (Wildman–Crippen LogP) is 2.17. The summed E-state index contributed by atoms with van der Waals surface area (Å²) in [7, 11) is -0.990. The van der Waals surface area contributed by atoms with Gasteiger partial charge in [-0.3, -0.25) is 9.00 Å². The highest BCUT2D eigenvalue weighted by Gasteiger charge is 2.34. The second kappa shape index (κ2) is 6.93. The van der Waals surface area contributed by atoms with Crippen molar-refractivity contribution in [2.24, 2.45) is 0 Å². The third-order valence-electron chi connectivity index (χ3n) is 2.87. The van der Waals surface area contributed by atoms with Crippen molar-refractivity contribution >= 4 is 22.4 Å². The topological polar surface area (TPSA) is 72.2 Å². The molecular weight excluding hydrogens is 305 g/mol. The van der Waals surface area contributed by atoms with Gasteiger partial charge in [-0.25, -0.2) is 0 Å². The van der Waals surface area contributed by atoms with Crippen LogP contribution in [0.3, 0.4) is 0 Å². The van der Waals surface area contributed by atoms with Gasteiger partial charge >= 0.3 is 6.18 Å². The predicted molar refractivity (Wildman–Crippen MR) is 76.3 cm³/mol. The minimum atomic E-state index is -4.61. The lowest BCUT2D eigenvalue weighted by molar-refractivity contribution is -0.136. The van der Waals surface area contributed by atoms with Gasteiger partial charge in [-0.05, 0) is 25.5 Å². The first-order valence-electron chi connectivity index (χ1n) is 6.19. The highest BCUT2D eigenvalue weighted by Crippen LogP contribution is 2.34. The number of rotatable bonds is 5. The first kappa shape index (κ1) is 17.5. The summed E-state index contributed by atoms with van der Waals surface area (Å²) in [5.74, 6) is -0.271. The van der Waals surface area contributed by atoms with Crippen molar-refractivity contribution in [3.05, 3.63) is 29.3 Å². The van der Waals surface area contributed by atoms with Gasteiger partial charge in [0, 0.05) is 28.9 Å².